The number of nitrogen functional groups attached to an aromatic ring is 1. The van der Waals surface area contributed by atoms with Gasteiger partial charge in [-0.05, 0) is 48.0 Å². The van der Waals surface area contributed by atoms with Crippen molar-refractivity contribution in [2.24, 2.45) is 0 Å². The number of nitrogens with zero attached hydrogens (tertiary/aromatic N) is 3. The highest BCUT2D eigenvalue weighted by molar-refractivity contribution is 7.92. The number of ether oxygens (including phenoxy) is 1. The Labute approximate surface area is 215 Å². The summed E-state index contributed by atoms with van der Waals surface area (Å²) in [5, 5.41) is 0.270. The molecule has 0 aliphatic rings. The molecular formula is C26H19F2N5O4S. The van der Waals surface area contributed by atoms with E-state index in [9.17, 15) is 22.0 Å². The molecule has 5 aromatic rings. The molecule has 0 radical (unpaired) electrons. The largest absolute Gasteiger partial charge is 0.480 e. The van der Waals surface area contributed by atoms with Gasteiger partial charge in [-0.2, -0.15) is 0 Å². The molecule has 5 rings (SSSR count). The normalized spacial score (nSPS) is 11.4. The Hall–Kier alpha value is -4.84. The number of para-hydroxylation sites is 1. The van der Waals surface area contributed by atoms with E-state index >= 15 is 0 Å². The molecule has 0 amide bonds. The van der Waals surface area contributed by atoms with Crippen LogP contribution in [-0.2, 0) is 10.0 Å². The summed E-state index contributed by atoms with van der Waals surface area (Å²) < 4.78 is 61.9. The van der Waals surface area contributed by atoms with Gasteiger partial charge in [0.05, 0.1) is 23.7 Å². The van der Waals surface area contributed by atoms with Gasteiger partial charge in [0.1, 0.15) is 22.2 Å². The molecule has 0 aliphatic heterocycles. The van der Waals surface area contributed by atoms with Crippen molar-refractivity contribution >= 4 is 32.6 Å². The fraction of sp³-hybridized carbons (Fsp3) is 0.0385. The van der Waals surface area contributed by atoms with Crippen LogP contribution >= 0.6 is 0 Å². The highest BCUT2D eigenvalue weighted by atomic mass is 32.2. The standard InChI is InChI=1S/C26H19F2N5O4S/c1-37-24-22(32-38(35,36)23-10-8-17(27)13-20(23)28)12-16(14-30-24)15-7-9-21-19(11-15)25(34)33(26(29)31-21)18-5-3-2-4-6-18/h2-14,32H,1H3,(H2,29,31). The van der Waals surface area contributed by atoms with E-state index in [1.807, 2.05) is 6.07 Å². The minimum absolute atomic E-state index is 0.0253. The third-order valence-corrected chi connectivity index (χ3v) is 7.11. The van der Waals surface area contributed by atoms with Gasteiger partial charge in [0.15, 0.2) is 0 Å². The van der Waals surface area contributed by atoms with Crippen molar-refractivity contribution in [3.8, 4) is 22.7 Å². The lowest BCUT2D eigenvalue weighted by atomic mass is 10.0. The zero-order valence-electron chi connectivity index (χ0n) is 19.7. The number of pyridine rings is 1. The number of sulfonamides is 1. The molecule has 38 heavy (non-hydrogen) atoms. The summed E-state index contributed by atoms with van der Waals surface area (Å²) in [7, 11) is -3.18. The molecule has 192 valence electrons. The number of nitrogens with one attached hydrogen (secondary N) is 1. The molecule has 0 bridgehead atoms. The first-order chi connectivity index (χ1) is 18.2. The molecule has 2 heterocycles. The minimum atomic E-state index is -4.46. The number of aromatic nitrogens is 3. The highest BCUT2D eigenvalue weighted by Gasteiger charge is 2.22. The Balaban J connectivity index is 1.59. The monoisotopic (exact) mass is 535 g/mol. The second kappa shape index (κ2) is 9.56. The number of methoxy groups -OCH3 is 1. The average molecular weight is 536 g/mol. The first kappa shape index (κ1) is 24.8. The number of halogens is 2. The number of hydrogen-bond acceptors (Lipinski definition) is 7. The lowest BCUT2D eigenvalue weighted by molar-refractivity contribution is 0.400. The fourth-order valence-electron chi connectivity index (χ4n) is 3.95. The first-order valence-corrected chi connectivity index (χ1v) is 12.6. The number of benzene rings is 3. The van der Waals surface area contributed by atoms with Gasteiger partial charge < -0.3 is 10.5 Å². The van der Waals surface area contributed by atoms with Crippen molar-refractivity contribution in [1.82, 2.24) is 14.5 Å². The molecule has 0 saturated carbocycles. The van der Waals surface area contributed by atoms with Crippen LogP contribution in [0.2, 0.25) is 0 Å². The van der Waals surface area contributed by atoms with Gasteiger partial charge >= 0.3 is 0 Å². The zero-order chi connectivity index (χ0) is 27.0. The van der Waals surface area contributed by atoms with Gasteiger partial charge in [0, 0.05) is 17.8 Å². The van der Waals surface area contributed by atoms with Crippen molar-refractivity contribution < 1.29 is 21.9 Å². The van der Waals surface area contributed by atoms with E-state index in [0.717, 1.165) is 12.1 Å². The van der Waals surface area contributed by atoms with E-state index in [2.05, 4.69) is 14.7 Å². The fourth-order valence-corrected chi connectivity index (χ4v) is 5.06. The van der Waals surface area contributed by atoms with E-state index in [1.54, 1.807) is 42.5 Å². The molecule has 3 aromatic carbocycles. The van der Waals surface area contributed by atoms with Gasteiger partial charge in [-0.3, -0.25) is 9.52 Å². The second-order valence-corrected chi connectivity index (χ2v) is 9.79. The van der Waals surface area contributed by atoms with E-state index in [1.165, 1.54) is 23.9 Å². The van der Waals surface area contributed by atoms with Crippen LogP contribution in [0.5, 0.6) is 5.88 Å². The van der Waals surface area contributed by atoms with Crippen LogP contribution in [0.15, 0.2) is 88.7 Å². The Morgan fingerprint density at radius 1 is 0.974 bits per heavy atom. The average Bonchev–Trinajstić information content (AvgIpc) is 2.88. The molecule has 0 unspecified atom stereocenters. The first-order valence-electron chi connectivity index (χ1n) is 11.1. The van der Waals surface area contributed by atoms with Crippen LogP contribution in [-0.4, -0.2) is 30.1 Å². The third kappa shape index (κ3) is 4.52. The van der Waals surface area contributed by atoms with E-state index in [4.69, 9.17) is 10.5 Å². The maximum Gasteiger partial charge on any atom is 0.267 e. The highest BCUT2D eigenvalue weighted by Crippen LogP contribution is 2.31. The topological polar surface area (TPSA) is 129 Å². The van der Waals surface area contributed by atoms with E-state index in [-0.39, 0.29) is 22.9 Å². The lowest BCUT2D eigenvalue weighted by Crippen LogP contribution is -2.23. The summed E-state index contributed by atoms with van der Waals surface area (Å²) >= 11 is 0. The third-order valence-electron chi connectivity index (χ3n) is 5.71. The van der Waals surface area contributed by atoms with Crippen LogP contribution in [0.1, 0.15) is 0 Å². The van der Waals surface area contributed by atoms with Crippen LogP contribution in [0.4, 0.5) is 20.4 Å². The Morgan fingerprint density at radius 3 is 2.45 bits per heavy atom. The number of nitrogens with two attached hydrogens (primary N) is 1. The van der Waals surface area contributed by atoms with Crippen molar-refractivity contribution in [1.29, 1.82) is 0 Å². The van der Waals surface area contributed by atoms with Crippen LogP contribution in [0.25, 0.3) is 27.7 Å². The zero-order valence-corrected chi connectivity index (χ0v) is 20.5. The quantitative estimate of drug-likeness (QED) is 0.335. The summed E-state index contributed by atoms with van der Waals surface area (Å²) in [5.74, 6) is -2.23. The molecule has 12 heteroatoms. The van der Waals surface area contributed by atoms with Crippen LogP contribution < -0.4 is 20.8 Å². The van der Waals surface area contributed by atoms with Crippen LogP contribution in [0, 0.1) is 11.6 Å². The molecule has 0 spiro atoms. The Bertz CT molecular complexity index is 1860. The SMILES string of the molecule is COc1ncc(-c2ccc3nc(N)n(-c4ccccc4)c(=O)c3c2)cc1NS(=O)(=O)c1ccc(F)cc1F. The summed E-state index contributed by atoms with van der Waals surface area (Å²) in [4.78, 5) is 21.1. The molecule has 0 aliphatic carbocycles. The number of hydrogen-bond donors (Lipinski definition) is 2. The number of anilines is 2. The van der Waals surface area contributed by atoms with E-state index in [0.29, 0.717) is 28.4 Å². The van der Waals surface area contributed by atoms with E-state index < -0.39 is 32.1 Å². The smallest absolute Gasteiger partial charge is 0.267 e. The molecule has 0 saturated heterocycles. The molecule has 0 fully saturated rings. The minimum Gasteiger partial charge on any atom is -0.480 e. The van der Waals surface area contributed by atoms with Crippen molar-refractivity contribution in [3.63, 3.8) is 0 Å². The second-order valence-electron chi connectivity index (χ2n) is 8.14. The molecule has 2 aromatic heterocycles. The number of rotatable bonds is 6. The predicted molar refractivity (Wildman–Crippen MR) is 139 cm³/mol. The maximum atomic E-state index is 14.2. The van der Waals surface area contributed by atoms with Gasteiger partial charge in [-0.15, -0.1) is 0 Å². The van der Waals surface area contributed by atoms with Gasteiger partial charge in [-0.25, -0.2) is 31.7 Å². The molecular weight excluding hydrogens is 516 g/mol. The van der Waals surface area contributed by atoms with Crippen molar-refractivity contribution in [2.45, 2.75) is 4.90 Å². The predicted octanol–water partition coefficient (Wildman–Crippen LogP) is 4.12. The maximum absolute atomic E-state index is 14.2. The van der Waals surface area contributed by atoms with Gasteiger partial charge in [-0.1, -0.05) is 24.3 Å². The summed E-state index contributed by atoms with van der Waals surface area (Å²) in [6.07, 6.45) is 1.43. The van der Waals surface area contributed by atoms with Crippen LogP contribution in [0.3, 0.4) is 0 Å². The Morgan fingerprint density at radius 2 is 1.74 bits per heavy atom. The molecule has 9 nitrogen and oxygen atoms in total. The van der Waals surface area contributed by atoms with Crippen molar-refractivity contribution in [3.05, 3.63) is 101 Å². The lowest BCUT2D eigenvalue weighted by Gasteiger charge is -2.14. The summed E-state index contributed by atoms with van der Waals surface area (Å²) in [6, 6.07) is 17.2. The van der Waals surface area contributed by atoms with Gasteiger partial charge in [0.2, 0.25) is 11.8 Å². The summed E-state index contributed by atoms with van der Waals surface area (Å²) in [5.41, 5.74) is 7.44. The summed E-state index contributed by atoms with van der Waals surface area (Å²) in [6.45, 7) is 0. The Kier molecular flexibility index (Phi) is 6.25. The number of fused-ring (bicyclic) bond motifs is 1. The molecule has 3 N–H and O–H groups in total. The van der Waals surface area contributed by atoms with Crippen molar-refractivity contribution in [2.75, 3.05) is 17.6 Å². The molecule has 0 atom stereocenters. The van der Waals surface area contributed by atoms with Gasteiger partial charge in [0.25, 0.3) is 15.6 Å².